The first-order valence-corrected chi connectivity index (χ1v) is 7.06. The van der Waals surface area contributed by atoms with Crippen molar-refractivity contribution in [1.82, 2.24) is 15.0 Å². The Morgan fingerprint density at radius 2 is 1.85 bits per heavy atom. The Hall–Kier alpha value is -1.97. The van der Waals surface area contributed by atoms with E-state index in [1.54, 1.807) is 12.4 Å². The molecule has 0 N–H and O–H groups in total. The molecule has 2 aromatic rings. The molecule has 0 aliphatic rings. The lowest BCUT2D eigenvalue weighted by atomic mass is 10.1. The molecule has 0 bridgehead atoms. The molecule has 4 heteroatoms. The average Bonchev–Trinajstić information content (AvgIpc) is 2.44. The van der Waals surface area contributed by atoms with Crippen molar-refractivity contribution >= 4 is 0 Å². The van der Waals surface area contributed by atoms with Crippen molar-refractivity contribution in [3.05, 3.63) is 35.8 Å². The van der Waals surface area contributed by atoms with Gasteiger partial charge in [-0.05, 0) is 39.3 Å². The molecule has 2 aromatic heterocycles. The number of rotatable bonds is 5. The first-order valence-electron chi connectivity index (χ1n) is 7.06. The van der Waals surface area contributed by atoms with E-state index in [9.17, 15) is 0 Å². The monoisotopic (exact) mass is 271 g/mol. The van der Waals surface area contributed by atoms with Gasteiger partial charge in [0.25, 0.3) is 0 Å². The fourth-order valence-corrected chi connectivity index (χ4v) is 1.99. The maximum atomic E-state index is 5.83. The summed E-state index contributed by atoms with van der Waals surface area (Å²) in [5.74, 6) is 1.39. The van der Waals surface area contributed by atoms with Crippen LogP contribution in [0.2, 0.25) is 0 Å². The zero-order valence-electron chi connectivity index (χ0n) is 12.6. The zero-order chi connectivity index (χ0) is 14.5. The third kappa shape index (κ3) is 3.32. The van der Waals surface area contributed by atoms with Gasteiger partial charge in [-0.1, -0.05) is 13.3 Å². The molecule has 20 heavy (non-hydrogen) atoms. The molecule has 106 valence electrons. The van der Waals surface area contributed by atoms with Gasteiger partial charge in [-0.2, -0.15) is 4.98 Å². The van der Waals surface area contributed by atoms with Crippen molar-refractivity contribution in [2.24, 2.45) is 0 Å². The van der Waals surface area contributed by atoms with Gasteiger partial charge in [0.1, 0.15) is 0 Å². The van der Waals surface area contributed by atoms with E-state index in [0.717, 1.165) is 29.7 Å². The fraction of sp³-hybridized carbons (Fsp3) is 0.438. The van der Waals surface area contributed by atoms with Crippen molar-refractivity contribution in [1.29, 1.82) is 0 Å². The zero-order valence-corrected chi connectivity index (χ0v) is 12.6. The average molecular weight is 271 g/mol. The minimum atomic E-state index is 0.100. The van der Waals surface area contributed by atoms with E-state index in [2.05, 4.69) is 21.9 Å². The lowest BCUT2D eigenvalue weighted by molar-refractivity contribution is 0.230. The van der Waals surface area contributed by atoms with Gasteiger partial charge < -0.3 is 4.74 Å². The molecule has 0 aliphatic carbocycles. The largest absolute Gasteiger partial charge is 0.475 e. The summed E-state index contributed by atoms with van der Waals surface area (Å²) in [6.07, 6.45) is 5.58. The molecule has 4 nitrogen and oxygen atoms in total. The molecule has 2 heterocycles. The number of ether oxygens (including phenoxy) is 1. The van der Waals surface area contributed by atoms with Gasteiger partial charge in [0.15, 0.2) is 5.82 Å². The van der Waals surface area contributed by atoms with Gasteiger partial charge in [-0.3, -0.25) is 4.98 Å². The topological polar surface area (TPSA) is 47.9 Å². The number of hydrogen-bond acceptors (Lipinski definition) is 4. The number of aryl methyl sites for hydroxylation is 1. The Labute approximate surface area is 120 Å². The number of aromatic nitrogens is 3. The SMILES string of the molecule is CCCc1nc(-c2ccncc2)nc(OC(C)C)c1C. The number of pyridine rings is 1. The van der Waals surface area contributed by atoms with Crippen molar-refractivity contribution in [3.63, 3.8) is 0 Å². The molecular weight excluding hydrogens is 250 g/mol. The predicted molar refractivity (Wildman–Crippen MR) is 79.8 cm³/mol. The Bertz CT molecular complexity index is 567. The molecule has 2 rings (SSSR count). The van der Waals surface area contributed by atoms with Gasteiger partial charge >= 0.3 is 0 Å². The summed E-state index contributed by atoms with van der Waals surface area (Å²) in [6, 6.07) is 3.83. The lowest BCUT2D eigenvalue weighted by Gasteiger charge is -2.15. The summed E-state index contributed by atoms with van der Waals surface area (Å²) >= 11 is 0. The molecule has 0 saturated heterocycles. The molecule has 0 amide bonds. The van der Waals surface area contributed by atoms with E-state index < -0.39 is 0 Å². The standard InChI is InChI=1S/C16H21N3O/c1-5-6-14-12(4)16(20-11(2)3)19-15(18-14)13-7-9-17-10-8-13/h7-11H,5-6H2,1-4H3. The van der Waals surface area contributed by atoms with Crippen LogP contribution in [0.1, 0.15) is 38.4 Å². The Kier molecular flexibility index (Phi) is 4.66. The Balaban J connectivity index is 2.49. The van der Waals surface area contributed by atoms with Crippen LogP contribution in [0, 0.1) is 6.92 Å². The first kappa shape index (κ1) is 14.4. The highest BCUT2D eigenvalue weighted by Gasteiger charge is 2.13. The molecule has 0 atom stereocenters. The van der Waals surface area contributed by atoms with Crippen LogP contribution in [0.25, 0.3) is 11.4 Å². The van der Waals surface area contributed by atoms with Gasteiger partial charge in [0.2, 0.25) is 5.88 Å². The normalized spacial score (nSPS) is 10.8. The summed E-state index contributed by atoms with van der Waals surface area (Å²) < 4.78 is 5.83. The second-order valence-electron chi connectivity index (χ2n) is 5.08. The third-order valence-corrected chi connectivity index (χ3v) is 2.97. The molecule has 0 aliphatic heterocycles. The van der Waals surface area contributed by atoms with Crippen molar-refractivity contribution < 1.29 is 4.74 Å². The fourth-order valence-electron chi connectivity index (χ4n) is 1.99. The molecule has 0 radical (unpaired) electrons. The van der Waals surface area contributed by atoms with E-state index in [-0.39, 0.29) is 6.10 Å². The van der Waals surface area contributed by atoms with Crippen LogP contribution in [0.3, 0.4) is 0 Å². The van der Waals surface area contributed by atoms with Crippen LogP contribution in [-0.2, 0) is 6.42 Å². The van der Waals surface area contributed by atoms with Gasteiger partial charge in [0.05, 0.1) is 11.8 Å². The van der Waals surface area contributed by atoms with Crippen LogP contribution >= 0.6 is 0 Å². The molecule has 0 saturated carbocycles. The van der Waals surface area contributed by atoms with Crippen LogP contribution < -0.4 is 4.74 Å². The molecule has 0 unspecified atom stereocenters. The van der Waals surface area contributed by atoms with E-state index in [0.29, 0.717) is 11.7 Å². The van der Waals surface area contributed by atoms with E-state index >= 15 is 0 Å². The lowest BCUT2D eigenvalue weighted by Crippen LogP contribution is -2.11. The van der Waals surface area contributed by atoms with E-state index in [1.807, 2.05) is 32.9 Å². The quantitative estimate of drug-likeness (QED) is 0.834. The summed E-state index contributed by atoms with van der Waals surface area (Å²) in [5.41, 5.74) is 3.06. The highest BCUT2D eigenvalue weighted by Crippen LogP contribution is 2.24. The molecular formula is C16H21N3O. The molecule has 0 aromatic carbocycles. The molecule has 0 fully saturated rings. The van der Waals surface area contributed by atoms with Crippen molar-refractivity contribution in [2.75, 3.05) is 0 Å². The highest BCUT2D eigenvalue weighted by molar-refractivity contribution is 5.55. The number of hydrogen-bond donors (Lipinski definition) is 0. The maximum Gasteiger partial charge on any atom is 0.220 e. The molecule has 0 spiro atoms. The second-order valence-corrected chi connectivity index (χ2v) is 5.08. The minimum Gasteiger partial charge on any atom is -0.475 e. The highest BCUT2D eigenvalue weighted by atomic mass is 16.5. The first-order chi connectivity index (χ1) is 9.61. The maximum absolute atomic E-state index is 5.83. The summed E-state index contributed by atoms with van der Waals surface area (Å²) in [5, 5.41) is 0. The predicted octanol–water partition coefficient (Wildman–Crippen LogP) is 3.59. The summed E-state index contributed by atoms with van der Waals surface area (Å²) in [7, 11) is 0. The smallest absolute Gasteiger partial charge is 0.220 e. The van der Waals surface area contributed by atoms with Gasteiger partial charge in [0, 0.05) is 23.5 Å². The van der Waals surface area contributed by atoms with Crippen LogP contribution in [0.15, 0.2) is 24.5 Å². The summed E-state index contributed by atoms with van der Waals surface area (Å²) in [6.45, 7) is 8.19. The summed E-state index contributed by atoms with van der Waals surface area (Å²) in [4.78, 5) is 13.3. The Morgan fingerprint density at radius 1 is 1.15 bits per heavy atom. The van der Waals surface area contributed by atoms with E-state index in [4.69, 9.17) is 4.74 Å². The number of nitrogens with zero attached hydrogens (tertiary/aromatic N) is 3. The third-order valence-electron chi connectivity index (χ3n) is 2.97. The second kappa shape index (κ2) is 6.46. The Morgan fingerprint density at radius 3 is 2.45 bits per heavy atom. The van der Waals surface area contributed by atoms with Crippen molar-refractivity contribution in [3.8, 4) is 17.3 Å². The van der Waals surface area contributed by atoms with Gasteiger partial charge in [-0.15, -0.1) is 0 Å². The van der Waals surface area contributed by atoms with Gasteiger partial charge in [-0.25, -0.2) is 4.98 Å². The van der Waals surface area contributed by atoms with Crippen LogP contribution in [0.4, 0.5) is 0 Å². The minimum absolute atomic E-state index is 0.100. The van der Waals surface area contributed by atoms with Crippen LogP contribution in [-0.4, -0.2) is 21.1 Å². The van der Waals surface area contributed by atoms with E-state index in [1.165, 1.54) is 0 Å². The van der Waals surface area contributed by atoms with Crippen molar-refractivity contribution in [2.45, 2.75) is 46.6 Å². The van der Waals surface area contributed by atoms with Crippen LogP contribution in [0.5, 0.6) is 5.88 Å².